The molecule has 0 amide bonds. The second-order valence-electron chi connectivity index (χ2n) is 4.03. The van der Waals surface area contributed by atoms with E-state index in [4.69, 9.17) is 4.74 Å². The van der Waals surface area contributed by atoms with Crippen molar-refractivity contribution < 1.29 is 9.53 Å². The van der Waals surface area contributed by atoms with Gasteiger partial charge in [0, 0.05) is 38.6 Å². The Morgan fingerprint density at radius 2 is 2.29 bits per heavy atom. The molecule has 0 aromatic heterocycles. The largest absolute Gasteiger partial charge is 0.380 e. The molecule has 1 heterocycles. The molecule has 14 heavy (non-hydrogen) atoms. The SMILES string of the molecule is CCCOCCN1CCC(=O)C(C)C1. The predicted octanol–water partition coefficient (Wildman–Crippen LogP) is 1.32. The van der Waals surface area contributed by atoms with Gasteiger partial charge in [0.2, 0.25) is 0 Å². The Labute approximate surface area is 86.4 Å². The maximum atomic E-state index is 11.3. The first kappa shape index (κ1) is 11.7. The molecule has 3 nitrogen and oxygen atoms in total. The van der Waals surface area contributed by atoms with Gasteiger partial charge in [0.15, 0.2) is 0 Å². The van der Waals surface area contributed by atoms with Crippen LogP contribution in [0.3, 0.4) is 0 Å². The molecule has 1 unspecified atom stereocenters. The number of hydrogen-bond donors (Lipinski definition) is 0. The molecular weight excluding hydrogens is 178 g/mol. The third kappa shape index (κ3) is 3.76. The highest BCUT2D eigenvalue weighted by Crippen LogP contribution is 2.11. The maximum Gasteiger partial charge on any atom is 0.138 e. The standard InChI is InChI=1S/C11H21NO2/c1-3-7-14-8-6-12-5-4-11(13)10(2)9-12/h10H,3-9H2,1-2H3. The number of ether oxygens (including phenoxy) is 1. The molecule has 0 spiro atoms. The molecule has 1 rings (SSSR count). The number of likely N-dealkylation sites (tertiary alicyclic amines) is 1. The van der Waals surface area contributed by atoms with Crippen molar-refractivity contribution in [2.24, 2.45) is 5.92 Å². The molecule has 1 atom stereocenters. The lowest BCUT2D eigenvalue weighted by Crippen LogP contribution is -2.41. The molecule has 0 aromatic rings. The van der Waals surface area contributed by atoms with Crippen LogP contribution in [0.15, 0.2) is 0 Å². The summed E-state index contributed by atoms with van der Waals surface area (Å²) in [6.07, 6.45) is 1.80. The summed E-state index contributed by atoms with van der Waals surface area (Å²) in [5.41, 5.74) is 0. The van der Waals surface area contributed by atoms with Gasteiger partial charge in [0.1, 0.15) is 5.78 Å². The molecule has 82 valence electrons. The summed E-state index contributed by atoms with van der Waals surface area (Å²) in [4.78, 5) is 13.6. The van der Waals surface area contributed by atoms with Crippen LogP contribution in [-0.4, -0.2) is 43.5 Å². The van der Waals surface area contributed by atoms with Crippen molar-refractivity contribution in [3.63, 3.8) is 0 Å². The Bertz CT molecular complexity index is 182. The molecule has 0 radical (unpaired) electrons. The molecule has 0 aromatic carbocycles. The highest BCUT2D eigenvalue weighted by Gasteiger charge is 2.22. The van der Waals surface area contributed by atoms with Gasteiger partial charge in [-0.2, -0.15) is 0 Å². The van der Waals surface area contributed by atoms with Gasteiger partial charge in [0.05, 0.1) is 6.61 Å². The van der Waals surface area contributed by atoms with Crippen LogP contribution >= 0.6 is 0 Å². The molecule has 1 saturated heterocycles. The fourth-order valence-electron chi connectivity index (χ4n) is 1.74. The molecule has 3 heteroatoms. The zero-order chi connectivity index (χ0) is 10.4. The average Bonchev–Trinajstić information content (AvgIpc) is 2.18. The number of ketones is 1. The van der Waals surface area contributed by atoms with E-state index < -0.39 is 0 Å². The molecular formula is C11H21NO2. The van der Waals surface area contributed by atoms with Crippen LogP contribution < -0.4 is 0 Å². The molecule has 1 aliphatic heterocycles. The number of piperidine rings is 1. The van der Waals surface area contributed by atoms with Crippen molar-refractivity contribution in [1.82, 2.24) is 4.90 Å². The van der Waals surface area contributed by atoms with Crippen LogP contribution in [0, 0.1) is 5.92 Å². The Hall–Kier alpha value is -0.410. The van der Waals surface area contributed by atoms with Crippen LogP contribution in [0.25, 0.3) is 0 Å². The molecule has 0 aliphatic carbocycles. The normalized spacial score (nSPS) is 24.1. The Kier molecular flexibility index (Phi) is 5.12. The van der Waals surface area contributed by atoms with Crippen molar-refractivity contribution in [2.45, 2.75) is 26.7 Å². The Morgan fingerprint density at radius 3 is 2.93 bits per heavy atom. The highest BCUT2D eigenvalue weighted by atomic mass is 16.5. The summed E-state index contributed by atoms with van der Waals surface area (Å²) in [6, 6.07) is 0. The van der Waals surface area contributed by atoms with Crippen LogP contribution in [0.4, 0.5) is 0 Å². The number of carbonyl (C=O) groups is 1. The summed E-state index contributed by atoms with van der Waals surface area (Å²) in [5.74, 6) is 0.630. The van der Waals surface area contributed by atoms with E-state index in [1.54, 1.807) is 0 Å². The lowest BCUT2D eigenvalue weighted by molar-refractivity contribution is -0.125. The number of hydrogen-bond acceptors (Lipinski definition) is 3. The maximum absolute atomic E-state index is 11.3. The zero-order valence-electron chi connectivity index (χ0n) is 9.29. The minimum absolute atomic E-state index is 0.218. The van der Waals surface area contributed by atoms with E-state index >= 15 is 0 Å². The molecule has 1 aliphatic rings. The van der Waals surface area contributed by atoms with Gasteiger partial charge in [-0.3, -0.25) is 9.69 Å². The van der Waals surface area contributed by atoms with Gasteiger partial charge in [-0.1, -0.05) is 13.8 Å². The van der Waals surface area contributed by atoms with E-state index in [1.165, 1.54) is 0 Å². The fourth-order valence-corrected chi connectivity index (χ4v) is 1.74. The van der Waals surface area contributed by atoms with E-state index in [9.17, 15) is 4.79 Å². The minimum Gasteiger partial charge on any atom is -0.380 e. The van der Waals surface area contributed by atoms with Crippen LogP contribution in [0.5, 0.6) is 0 Å². The number of Topliss-reactive ketones (excluding diaryl/α,β-unsaturated/α-hetero) is 1. The smallest absolute Gasteiger partial charge is 0.138 e. The first-order chi connectivity index (χ1) is 6.74. The third-order valence-corrected chi connectivity index (χ3v) is 2.66. The minimum atomic E-state index is 0.218. The molecule has 0 bridgehead atoms. The molecule has 0 N–H and O–H groups in total. The van der Waals surface area contributed by atoms with Crippen LogP contribution in [-0.2, 0) is 9.53 Å². The monoisotopic (exact) mass is 199 g/mol. The first-order valence-electron chi connectivity index (χ1n) is 5.57. The second kappa shape index (κ2) is 6.14. The van der Waals surface area contributed by atoms with E-state index in [-0.39, 0.29) is 5.92 Å². The van der Waals surface area contributed by atoms with E-state index in [2.05, 4.69) is 11.8 Å². The second-order valence-corrected chi connectivity index (χ2v) is 4.03. The average molecular weight is 199 g/mol. The Balaban J connectivity index is 2.10. The van der Waals surface area contributed by atoms with Crippen molar-refractivity contribution in [3.8, 4) is 0 Å². The molecule has 0 saturated carbocycles. The first-order valence-corrected chi connectivity index (χ1v) is 5.57. The topological polar surface area (TPSA) is 29.5 Å². The lowest BCUT2D eigenvalue weighted by atomic mass is 9.99. The van der Waals surface area contributed by atoms with Crippen molar-refractivity contribution in [1.29, 1.82) is 0 Å². The van der Waals surface area contributed by atoms with Gasteiger partial charge >= 0.3 is 0 Å². The van der Waals surface area contributed by atoms with Gasteiger partial charge in [0.25, 0.3) is 0 Å². The Morgan fingerprint density at radius 1 is 1.50 bits per heavy atom. The summed E-state index contributed by atoms with van der Waals surface area (Å²) in [5, 5.41) is 0. The predicted molar refractivity (Wildman–Crippen MR) is 56.3 cm³/mol. The van der Waals surface area contributed by atoms with Crippen molar-refractivity contribution in [3.05, 3.63) is 0 Å². The van der Waals surface area contributed by atoms with Gasteiger partial charge in [-0.25, -0.2) is 0 Å². The van der Waals surface area contributed by atoms with Crippen molar-refractivity contribution >= 4 is 5.78 Å². The van der Waals surface area contributed by atoms with E-state index in [0.29, 0.717) is 5.78 Å². The van der Waals surface area contributed by atoms with Crippen LogP contribution in [0.2, 0.25) is 0 Å². The number of rotatable bonds is 5. The summed E-state index contributed by atoms with van der Waals surface area (Å²) in [6.45, 7) is 8.57. The zero-order valence-corrected chi connectivity index (χ0v) is 9.29. The van der Waals surface area contributed by atoms with Crippen molar-refractivity contribution in [2.75, 3.05) is 32.8 Å². The van der Waals surface area contributed by atoms with E-state index in [0.717, 1.165) is 45.7 Å². The fraction of sp³-hybridized carbons (Fsp3) is 0.909. The quantitative estimate of drug-likeness (QED) is 0.625. The molecule has 1 fully saturated rings. The summed E-state index contributed by atoms with van der Waals surface area (Å²) in [7, 11) is 0. The summed E-state index contributed by atoms with van der Waals surface area (Å²) >= 11 is 0. The van der Waals surface area contributed by atoms with Gasteiger partial charge in [-0.15, -0.1) is 0 Å². The number of carbonyl (C=O) groups excluding carboxylic acids is 1. The van der Waals surface area contributed by atoms with Gasteiger partial charge in [-0.05, 0) is 6.42 Å². The third-order valence-electron chi connectivity index (χ3n) is 2.66. The van der Waals surface area contributed by atoms with Gasteiger partial charge < -0.3 is 4.74 Å². The van der Waals surface area contributed by atoms with E-state index in [1.807, 2.05) is 6.92 Å². The summed E-state index contributed by atoms with van der Waals surface area (Å²) < 4.78 is 5.42. The highest BCUT2D eigenvalue weighted by molar-refractivity contribution is 5.81. The number of nitrogens with zero attached hydrogens (tertiary/aromatic N) is 1. The lowest BCUT2D eigenvalue weighted by Gasteiger charge is -2.29. The van der Waals surface area contributed by atoms with Crippen LogP contribution in [0.1, 0.15) is 26.7 Å².